The molecule has 1 fully saturated rings. The topological polar surface area (TPSA) is 47.7 Å². The van der Waals surface area contributed by atoms with Crippen LogP contribution in [0.25, 0.3) is 0 Å². The molecule has 1 atom stereocenters. The van der Waals surface area contributed by atoms with Crippen molar-refractivity contribution in [2.24, 2.45) is 5.92 Å². The Morgan fingerprint density at radius 2 is 2.25 bits per heavy atom. The fourth-order valence-corrected chi connectivity index (χ4v) is 2.80. The molecule has 0 radical (unpaired) electrons. The van der Waals surface area contributed by atoms with Crippen LogP contribution in [0.1, 0.15) is 26.2 Å². The predicted octanol–water partition coefficient (Wildman–Crippen LogP) is 2.92. The average Bonchev–Trinajstić information content (AvgIpc) is 2.47. The molecule has 1 aliphatic heterocycles. The lowest BCUT2D eigenvalue weighted by atomic mass is 9.98. The molecule has 0 spiro atoms. The van der Waals surface area contributed by atoms with Gasteiger partial charge in [-0.05, 0) is 37.3 Å². The number of piperidine rings is 1. The SMILES string of the molecule is CCCOc1cccc(N2CCCC(COC)C2)c1N. The third-order valence-electron chi connectivity index (χ3n) is 3.77. The van der Waals surface area contributed by atoms with Gasteiger partial charge in [-0.15, -0.1) is 0 Å². The van der Waals surface area contributed by atoms with Crippen LogP contribution in [0.3, 0.4) is 0 Å². The van der Waals surface area contributed by atoms with E-state index in [1.165, 1.54) is 12.8 Å². The minimum atomic E-state index is 0.591. The fraction of sp³-hybridized carbons (Fsp3) is 0.625. The third kappa shape index (κ3) is 3.57. The second-order valence-electron chi connectivity index (χ2n) is 5.45. The molecular formula is C16H26N2O2. The van der Waals surface area contributed by atoms with Crippen LogP contribution in [0.5, 0.6) is 5.75 Å². The van der Waals surface area contributed by atoms with Crippen LogP contribution in [0, 0.1) is 5.92 Å². The second kappa shape index (κ2) is 7.39. The van der Waals surface area contributed by atoms with E-state index < -0.39 is 0 Å². The minimum Gasteiger partial charge on any atom is -0.491 e. The number of ether oxygens (including phenoxy) is 2. The first-order valence-electron chi connectivity index (χ1n) is 7.51. The number of rotatable bonds is 6. The zero-order valence-corrected chi connectivity index (χ0v) is 12.6. The van der Waals surface area contributed by atoms with E-state index in [1.54, 1.807) is 7.11 Å². The van der Waals surface area contributed by atoms with E-state index in [0.29, 0.717) is 12.5 Å². The molecule has 20 heavy (non-hydrogen) atoms. The molecule has 2 N–H and O–H groups in total. The van der Waals surface area contributed by atoms with Gasteiger partial charge in [0.1, 0.15) is 5.75 Å². The Bertz CT molecular complexity index is 421. The van der Waals surface area contributed by atoms with E-state index in [1.807, 2.05) is 12.1 Å². The Morgan fingerprint density at radius 3 is 3.00 bits per heavy atom. The summed E-state index contributed by atoms with van der Waals surface area (Å²) in [7, 11) is 1.77. The first-order chi connectivity index (χ1) is 9.76. The standard InChI is InChI=1S/C16H26N2O2/c1-3-10-20-15-8-4-7-14(16(15)17)18-9-5-6-13(11-18)12-19-2/h4,7-8,13H,3,5-6,9-12,17H2,1-2H3. The Labute approximate surface area is 121 Å². The zero-order valence-electron chi connectivity index (χ0n) is 12.6. The molecule has 1 heterocycles. The van der Waals surface area contributed by atoms with E-state index in [0.717, 1.165) is 43.2 Å². The van der Waals surface area contributed by atoms with E-state index in [4.69, 9.17) is 15.2 Å². The summed E-state index contributed by atoms with van der Waals surface area (Å²) in [6.45, 7) is 5.69. The number of benzene rings is 1. The van der Waals surface area contributed by atoms with Gasteiger partial charge in [0.2, 0.25) is 0 Å². The van der Waals surface area contributed by atoms with Crippen molar-refractivity contribution in [3.63, 3.8) is 0 Å². The van der Waals surface area contributed by atoms with Crippen molar-refractivity contribution in [3.05, 3.63) is 18.2 Å². The van der Waals surface area contributed by atoms with Gasteiger partial charge in [-0.3, -0.25) is 0 Å². The maximum Gasteiger partial charge on any atom is 0.144 e. The van der Waals surface area contributed by atoms with Crippen molar-refractivity contribution in [1.82, 2.24) is 0 Å². The monoisotopic (exact) mass is 278 g/mol. The molecule has 0 aliphatic carbocycles. The molecule has 4 nitrogen and oxygen atoms in total. The van der Waals surface area contributed by atoms with Crippen molar-refractivity contribution < 1.29 is 9.47 Å². The number of methoxy groups -OCH3 is 1. The summed E-state index contributed by atoms with van der Waals surface area (Å²) in [6.07, 6.45) is 3.41. The molecule has 0 aromatic heterocycles. The Morgan fingerprint density at radius 1 is 1.40 bits per heavy atom. The lowest BCUT2D eigenvalue weighted by molar-refractivity contribution is 0.143. The van der Waals surface area contributed by atoms with Crippen LogP contribution in [0.15, 0.2) is 18.2 Å². The normalized spacial score (nSPS) is 19.1. The third-order valence-corrected chi connectivity index (χ3v) is 3.77. The summed E-state index contributed by atoms with van der Waals surface area (Å²) in [5, 5.41) is 0. The number of hydrogen-bond acceptors (Lipinski definition) is 4. The van der Waals surface area contributed by atoms with E-state index in [2.05, 4.69) is 17.9 Å². The zero-order chi connectivity index (χ0) is 14.4. The van der Waals surface area contributed by atoms with Gasteiger partial charge in [-0.2, -0.15) is 0 Å². The van der Waals surface area contributed by atoms with Crippen molar-refractivity contribution in [2.45, 2.75) is 26.2 Å². The Hall–Kier alpha value is -1.42. The quantitative estimate of drug-likeness (QED) is 0.813. The number of para-hydroxylation sites is 1. The maximum absolute atomic E-state index is 6.28. The summed E-state index contributed by atoms with van der Waals surface area (Å²) in [5.41, 5.74) is 8.14. The number of nitrogens with two attached hydrogens (primary N) is 1. The van der Waals surface area contributed by atoms with Gasteiger partial charge < -0.3 is 20.1 Å². The maximum atomic E-state index is 6.28. The highest BCUT2D eigenvalue weighted by Crippen LogP contribution is 2.34. The highest BCUT2D eigenvalue weighted by Gasteiger charge is 2.22. The van der Waals surface area contributed by atoms with Gasteiger partial charge in [0.05, 0.1) is 24.6 Å². The number of anilines is 2. The molecule has 1 saturated heterocycles. The van der Waals surface area contributed by atoms with Gasteiger partial charge in [0.25, 0.3) is 0 Å². The molecule has 0 bridgehead atoms. The minimum absolute atomic E-state index is 0.591. The lowest BCUT2D eigenvalue weighted by Gasteiger charge is -2.35. The summed E-state index contributed by atoms with van der Waals surface area (Å²) < 4.78 is 11.0. The van der Waals surface area contributed by atoms with Crippen molar-refractivity contribution in [1.29, 1.82) is 0 Å². The molecule has 1 aromatic rings. The summed E-state index contributed by atoms with van der Waals surface area (Å²) >= 11 is 0. The van der Waals surface area contributed by atoms with Gasteiger partial charge in [0.15, 0.2) is 0 Å². The Kier molecular flexibility index (Phi) is 5.53. The molecule has 0 amide bonds. The molecule has 1 aliphatic rings. The molecule has 4 heteroatoms. The molecular weight excluding hydrogens is 252 g/mol. The number of hydrogen-bond donors (Lipinski definition) is 1. The first kappa shape index (κ1) is 15.0. The number of nitrogens with zero attached hydrogens (tertiary/aromatic N) is 1. The summed E-state index contributed by atoms with van der Waals surface area (Å²) in [6, 6.07) is 6.06. The molecule has 1 unspecified atom stereocenters. The molecule has 112 valence electrons. The second-order valence-corrected chi connectivity index (χ2v) is 5.45. The van der Waals surface area contributed by atoms with Gasteiger partial charge in [0, 0.05) is 20.2 Å². The first-order valence-corrected chi connectivity index (χ1v) is 7.51. The van der Waals surface area contributed by atoms with Crippen LogP contribution in [0.4, 0.5) is 11.4 Å². The van der Waals surface area contributed by atoms with Gasteiger partial charge in [-0.25, -0.2) is 0 Å². The van der Waals surface area contributed by atoms with Crippen LogP contribution >= 0.6 is 0 Å². The van der Waals surface area contributed by atoms with Crippen LogP contribution < -0.4 is 15.4 Å². The number of nitrogen functional groups attached to an aromatic ring is 1. The fourth-order valence-electron chi connectivity index (χ4n) is 2.80. The van der Waals surface area contributed by atoms with Crippen molar-refractivity contribution in [2.75, 3.05) is 44.0 Å². The van der Waals surface area contributed by atoms with E-state index in [9.17, 15) is 0 Å². The molecule has 2 rings (SSSR count). The van der Waals surface area contributed by atoms with E-state index in [-0.39, 0.29) is 0 Å². The summed E-state index contributed by atoms with van der Waals surface area (Å²) in [5.74, 6) is 1.39. The largest absolute Gasteiger partial charge is 0.491 e. The van der Waals surface area contributed by atoms with E-state index >= 15 is 0 Å². The molecule has 0 saturated carbocycles. The van der Waals surface area contributed by atoms with Gasteiger partial charge >= 0.3 is 0 Å². The molecule has 1 aromatic carbocycles. The van der Waals surface area contributed by atoms with Crippen LogP contribution in [-0.4, -0.2) is 33.4 Å². The Balaban J connectivity index is 2.11. The summed E-state index contributed by atoms with van der Waals surface area (Å²) in [4.78, 5) is 2.36. The average molecular weight is 278 g/mol. The van der Waals surface area contributed by atoms with Crippen molar-refractivity contribution >= 4 is 11.4 Å². The smallest absolute Gasteiger partial charge is 0.144 e. The van der Waals surface area contributed by atoms with Gasteiger partial charge in [-0.1, -0.05) is 13.0 Å². The highest BCUT2D eigenvalue weighted by atomic mass is 16.5. The lowest BCUT2D eigenvalue weighted by Crippen LogP contribution is -2.37. The van der Waals surface area contributed by atoms with Crippen LogP contribution in [0.2, 0.25) is 0 Å². The van der Waals surface area contributed by atoms with Crippen LogP contribution in [-0.2, 0) is 4.74 Å². The predicted molar refractivity (Wildman–Crippen MR) is 83.5 cm³/mol. The van der Waals surface area contributed by atoms with Crippen molar-refractivity contribution in [3.8, 4) is 5.75 Å². The highest BCUT2D eigenvalue weighted by molar-refractivity contribution is 5.74.